The maximum atomic E-state index is 11.3. The summed E-state index contributed by atoms with van der Waals surface area (Å²) in [5, 5.41) is 4.68. The van der Waals surface area contributed by atoms with E-state index >= 15 is 0 Å². The molecule has 4 amide bonds. The van der Waals surface area contributed by atoms with E-state index in [2.05, 4.69) is 10.6 Å². The maximum absolute atomic E-state index is 11.3. The molecule has 7 heteroatoms. The zero-order valence-electron chi connectivity index (χ0n) is 12.6. The van der Waals surface area contributed by atoms with Crippen molar-refractivity contribution < 1.29 is 19.2 Å². The SMILES string of the molecule is CC12CCC(C1)C(=O)NC2=O.NC12CCC(C1)C(=O)NC2=O. The molecule has 7 nitrogen and oxygen atoms in total. The lowest BCUT2D eigenvalue weighted by Crippen LogP contribution is -2.57. The standard InChI is InChI=1S/C8H11NO2.C7H10N2O2/c1-8-3-2-5(4-8)6(10)9-7(8)11;8-7-2-1-4(3-7)5(10)9-6(7)11/h5H,2-4H2,1H3,(H,9,10,11);4H,1-3,8H2,(H,9,10,11). The Morgan fingerprint density at radius 1 is 0.909 bits per heavy atom. The van der Waals surface area contributed by atoms with E-state index in [0.717, 1.165) is 25.7 Å². The molecule has 0 spiro atoms. The van der Waals surface area contributed by atoms with Crippen LogP contribution >= 0.6 is 0 Å². The smallest absolute Gasteiger partial charge is 0.246 e. The van der Waals surface area contributed by atoms with Gasteiger partial charge in [0.05, 0.1) is 5.54 Å². The van der Waals surface area contributed by atoms with Gasteiger partial charge in [-0.1, -0.05) is 6.92 Å². The largest absolute Gasteiger partial charge is 0.317 e. The maximum Gasteiger partial charge on any atom is 0.246 e. The number of hydrogen-bond acceptors (Lipinski definition) is 5. The van der Waals surface area contributed by atoms with Crippen LogP contribution in [0.4, 0.5) is 0 Å². The molecule has 0 aromatic rings. The van der Waals surface area contributed by atoms with Gasteiger partial charge in [-0.05, 0) is 38.5 Å². The second-order valence-electron chi connectivity index (χ2n) is 7.23. The van der Waals surface area contributed by atoms with Crippen LogP contribution in [-0.2, 0) is 19.2 Å². The zero-order valence-corrected chi connectivity index (χ0v) is 12.6. The van der Waals surface area contributed by atoms with E-state index in [1.54, 1.807) is 0 Å². The molecular formula is C15H21N3O4. The fourth-order valence-corrected chi connectivity index (χ4v) is 3.88. The quantitative estimate of drug-likeness (QED) is 0.526. The lowest BCUT2D eigenvalue weighted by atomic mass is 9.84. The minimum Gasteiger partial charge on any atom is -0.317 e. The van der Waals surface area contributed by atoms with E-state index in [0.29, 0.717) is 12.8 Å². The Balaban J connectivity index is 0.000000131. The number of fused-ring (bicyclic) bond motifs is 4. The van der Waals surface area contributed by atoms with Gasteiger partial charge in [-0.2, -0.15) is 0 Å². The van der Waals surface area contributed by atoms with Crippen molar-refractivity contribution in [2.45, 2.75) is 51.0 Å². The number of rotatable bonds is 0. The Hall–Kier alpha value is -1.76. The lowest BCUT2D eigenvalue weighted by molar-refractivity contribution is -0.141. The van der Waals surface area contributed by atoms with Gasteiger partial charge in [-0.3, -0.25) is 29.8 Å². The van der Waals surface area contributed by atoms with Crippen LogP contribution in [0.1, 0.15) is 45.4 Å². The van der Waals surface area contributed by atoms with Crippen molar-refractivity contribution in [1.82, 2.24) is 10.6 Å². The van der Waals surface area contributed by atoms with Crippen LogP contribution in [-0.4, -0.2) is 29.2 Å². The Labute approximate surface area is 128 Å². The summed E-state index contributed by atoms with van der Waals surface area (Å²) >= 11 is 0. The van der Waals surface area contributed by atoms with E-state index in [4.69, 9.17) is 5.73 Å². The first-order valence-corrected chi connectivity index (χ1v) is 7.73. The van der Waals surface area contributed by atoms with Crippen LogP contribution in [0, 0.1) is 17.3 Å². The van der Waals surface area contributed by atoms with Crippen LogP contribution in [0.25, 0.3) is 0 Å². The number of piperidine rings is 2. The topological polar surface area (TPSA) is 118 Å². The van der Waals surface area contributed by atoms with Crippen molar-refractivity contribution >= 4 is 23.6 Å². The average Bonchev–Trinajstić information content (AvgIpc) is 2.99. The van der Waals surface area contributed by atoms with E-state index in [1.807, 2.05) is 6.92 Å². The molecule has 4 bridgehead atoms. The molecular weight excluding hydrogens is 286 g/mol. The van der Waals surface area contributed by atoms with E-state index in [-0.39, 0.29) is 40.9 Å². The molecule has 4 unspecified atom stereocenters. The summed E-state index contributed by atoms with van der Waals surface area (Å²) in [5.74, 6) is -0.485. The van der Waals surface area contributed by atoms with Gasteiger partial charge in [-0.25, -0.2) is 0 Å². The number of carbonyl (C=O) groups excluding carboxylic acids is 4. The highest BCUT2D eigenvalue weighted by molar-refractivity contribution is 6.04. The van der Waals surface area contributed by atoms with Gasteiger partial charge in [0.15, 0.2) is 0 Å². The van der Waals surface area contributed by atoms with Crippen molar-refractivity contribution in [2.24, 2.45) is 23.0 Å². The Morgan fingerprint density at radius 2 is 1.45 bits per heavy atom. The predicted molar refractivity (Wildman–Crippen MR) is 76.0 cm³/mol. The molecule has 120 valence electrons. The highest BCUT2D eigenvalue weighted by Gasteiger charge is 2.49. The van der Waals surface area contributed by atoms with Gasteiger partial charge in [0.2, 0.25) is 23.6 Å². The van der Waals surface area contributed by atoms with Crippen LogP contribution in [0.3, 0.4) is 0 Å². The zero-order chi connectivity index (χ0) is 16.1. The summed E-state index contributed by atoms with van der Waals surface area (Å²) in [6.45, 7) is 1.94. The molecule has 0 aromatic heterocycles. The lowest BCUT2D eigenvalue weighted by Gasteiger charge is -2.26. The van der Waals surface area contributed by atoms with E-state index < -0.39 is 5.54 Å². The number of amides is 4. The number of hydrogen-bond donors (Lipinski definition) is 3. The third-order valence-electron chi connectivity index (χ3n) is 5.51. The molecule has 0 aromatic carbocycles. The second-order valence-corrected chi connectivity index (χ2v) is 7.23. The summed E-state index contributed by atoms with van der Waals surface area (Å²) in [4.78, 5) is 44.5. The third kappa shape index (κ3) is 2.33. The predicted octanol–water partition coefficient (Wildman–Crippen LogP) is -0.410. The molecule has 0 radical (unpaired) electrons. The summed E-state index contributed by atoms with van der Waals surface area (Å²) in [7, 11) is 0. The highest BCUT2D eigenvalue weighted by atomic mass is 16.2. The summed E-state index contributed by atoms with van der Waals surface area (Å²) in [6.07, 6.45) is 4.46. The van der Waals surface area contributed by atoms with Crippen molar-refractivity contribution in [2.75, 3.05) is 0 Å². The van der Waals surface area contributed by atoms with E-state index in [9.17, 15) is 19.2 Å². The third-order valence-corrected chi connectivity index (χ3v) is 5.51. The molecule has 4 aliphatic rings. The first-order valence-electron chi connectivity index (χ1n) is 7.73. The normalized spacial score (nSPS) is 42.5. The van der Waals surface area contributed by atoms with Crippen molar-refractivity contribution in [1.29, 1.82) is 0 Å². The second kappa shape index (κ2) is 4.87. The molecule has 22 heavy (non-hydrogen) atoms. The minimum absolute atomic E-state index is 0.0160. The summed E-state index contributed by atoms with van der Waals surface area (Å²) in [5.41, 5.74) is 4.77. The van der Waals surface area contributed by atoms with Gasteiger partial charge in [0.25, 0.3) is 0 Å². The van der Waals surface area contributed by atoms with Crippen molar-refractivity contribution in [3.63, 3.8) is 0 Å². The van der Waals surface area contributed by atoms with Gasteiger partial charge in [0, 0.05) is 17.3 Å². The minimum atomic E-state index is -0.738. The molecule has 4 atom stereocenters. The van der Waals surface area contributed by atoms with Gasteiger partial charge < -0.3 is 5.73 Å². The molecule has 2 aliphatic carbocycles. The molecule has 2 heterocycles. The van der Waals surface area contributed by atoms with E-state index in [1.165, 1.54) is 0 Å². The van der Waals surface area contributed by atoms with Gasteiger partial charge >= 0.3 is 0 Å². The molecule has 4 fully saturated rings. The number of nitrogens with two attached hydrogens (primary N) is 1. The first-order chi connectivity index (χ1) is 10.2. The molecule has 4 N–H and O–H groups in total. The molecule has 2 saturated heterocycles. The average molecular weight is 307 g/mol. The number of imide groups is 2. The molecule has 4 rings (SSSR count). The Bertz CT molecular complexity index is 525. The fourth-order valence-electron chi connectivity index (χ4n) is 3.88. The van der Waals surface area contributed by atoms with Crippen LogP contribution in [0.15, 0.2) is 0 Å². The Morgan fingerprint density at radius 3 is 2.14 bits per heavy atom. The van der Waals surface area contributed by atoms with Crippen LogP contribution in [0.2, 0.25) is 0 Å². The summed E-state index contributed by atoms with van der Waals surface area (Å²) in [6, 6.07) is 0. The monoisotopic (exact) mass is 307 g/mol. The molecule has 2 saturated carbocycles. The molecule has 2 aliphatic heterocycles. The fraction of sp³-hybridized carbons (Fsp3) is 0.733. The van der Waals surface area contributed by atoms with Crippen molar-refractivity contribution in [3.8, 4) is 0 Å². The van der Waals surface area contributed by atoms with Crippen LogP contribution < -0.4 is 16.4 Å². The van der Waals surface area contributed by atoms with Gasteiger partial charge in [-0.15, -0.1) is 0 Å². The highest BCUT2D eigenvalue weighted by Crippen LogP contribution is 2.44. The van der Waals surface area contributed by atoms with Crippen molar-refractivity contribution in [3.05, 3.63) is 0 Å². The Kier molecular flexibility index (Phi) is 3.36. The van der Waals surface area contributed by atoms with Crippen LogP contribution in [0.5, 0.6) is 0 Å². The summed E-state index contributed by atoms with van der Waals surface area (Å²) < 4.78 is 0. The number of nitrogens with one attached hydrogen (secondary N) is 2. The number of carbonyl (C=O) groups is 4. The van der Waals surface area contributed by atoms with Gasteiger partial charge in [0.1, 0.15) is 0 Å². The first kappa shape index (κ1) is 15.1.